The van der Waals surface area contributed by atoms with E-state index in [0.717, 1.165) is 38.9 Å². The number of hydrogen-bond donors (Lipinski definition) is 0. The summed E-state index contributed by atoms with van der Waals surface area (Å²) in [4.78, 5) is 0. The average Bonchev–Trinajstić information content (AvgIpc) is 3.28. The number of fused-ring (bicyclic) bond motifs is 1. The van der Waals surface area contributed by atoms with Gasteiger partial charge in [-0.1, -0.05) is 0 Å². The van der Waals surface area contributed by atoms with Gasteiger partial charge in [0, 0.05) is 0 Å². The van der Waals surface area contributed by atoms with E-state index in [9.17, 15) is 13.2 Å². The first-order chi connectivity index (χ1) is 17.9. The van der Waals surface area contributed by atoms with E-state index in [4.69, 9.17) is 4.52 Å². The number of rotatable bonds is 4. The van der Waals surface area contributed by atoms with Crippen LogP contribution in [0.4, 0.5) is 13.2 Å². The standard InChI is InChI=1S/C32H24F3OP/c33-32(34,35)25-22-20-24(21-23-25)31-29-18-10-11-19-30(29)37(36-31,26-12-4-1-5-13-26,27-14-6-2-7-15-27)28-16-8-3-9-17-28/h1-23,31H/t31-/m0/s1. The minimum atomic E-state index is -4.40. The predicted molar refractivity (Wildman–Crippen MR) is 146 cm³/mol. The molecule has 1 atom stereocenters. The Morgan fingerprint density at radius 3 is 1.41 bits per heavy atom. The van der Waals surface area contributed by atoms with Crippen LogP contribution in [0.5, 0.6) is 0 Å². The Kier molecular flexibility index (Phi) is 5.56. The van der Waals surface area contributed by atoms with Crippen LogP contribution < -0.4 is 21.2 Å². The van der Waals surface area contributed by atoms with Crippen LogP contribution in [-0.2, 0) is 10.7 Å². The van der Waals surface area contributed by atoms with E-state index in [1.54, 1.807) is 12.1 Å². The van der Waals surface area contributed by atoms with E-state index in [2.05, 4.69) is 42.5 Å². The Bertz CT molecular complexity index is 1430. The molecule has 0 unspecified atom stereocenters. The number of benzene rings is 5. The Morgan fingerprint density at radius 1 is 0.514 bits per heavy atom. The van der Waals surface area contributed by atoms with Crippen molar-refractivity contribution >= 4 is 28.0 Å². The first kappa shape index (κ1) is 23.7. The van der Waals surface area contributed by atoms with Gasteiger partial charge in [0.15, 0.2) is 0 Å². The fourth-order valence-corrected chi connectivity index (χ4v) is 11.8. The van der Waals surface area contributed by atoms with E-state index in [-0.39, 0.29) is 0 Å². The summed E-state index contributed by atoms with van der Waals surface area (Å²) in [5, 5.41) is 4.22. The minimum absolute atomic E-state index is 0.545. The van der Waals surface area contributed by atoms with Gasteiger partial charge in [-0.2, -0.15) is 0 Å². The van der Waals surface area contributed by atoms with Gasteiger partial charge in [0.1, 0.15) is 0 Å². The Hall–Kier alpha value is -3.72. The van der Waals surface area contributed by atoms with Gasteiger partial charge >= 0.3 is 214 Å². The summed E-state index contributed by atoms with van der Waals surface area (Å²) in [6.45, 7) is -3.78. The molecule has 37 heavy (non-hydrogen) atoms. The fraction of sp³-hybridized carbons (Fsp3) is 0.0625. The third-order valence-electron chi connectivity index (χ3n) is 7.28. The maximum absolute atomic E-state index is 13.4. The zero-order valence-electron chi connectivity index (χ0n) is 19.8. The summed E-state index contributed by atoms with van der Waals surface area (Å²) in [6, 6.07) is 44.3. The molecule has 0 aliphatic carbocycles. The predicted octanol–water partition coefficient (Wildman–Crippen LogP) is 6.90. The van der Waals surface area contributed by atoms with Crippen molar-refractivity contribution in [3.8, 4) is 0 Å². The number of alkyl halides is 3. The van der Waals surface area contributed by atoms with Gasteiger partial charge in [-0.05, 0) is 0 Å². The van der Waals surface area contributed by atoms with Gasteiger partial charge in [-0.25, -0.2) is 0 Å². The van der Waals surface area contributed by atoms with Crippen LogP contribution in [0, 0.1) is 0 Å². The summed E-state index contributed by atoms with van der Waals surface area (Å²) in [5.41, 5.74) is 0.987. The molecule has 0 fully saturated rings. The molecule has 6 rings (SSSR count). The molecule has 0 bridgehead atoms. The van der Waals surface area contributed by atoms with Crippen LogP contribution in [0.15, 0.2) is 140 Å². The SMILES string of the molecule is FC(F)(F)c1ccc([C@@H]2OP(c3ccccc3)(c3ccccc3)(c3ccccc3)c3ccccc32)cc1. The molecule has 5 heteroatoms. The summed E-state index contributed by atoms with van der Waals surface area (Å²) >= 11 is 0. The maximum atomic E-state index is 13.4. The second-order valence-corrected chi connectivity index (χ2v) is 13.5. The van der Waals surface area contributed by atoms with Crippen molar-refractivity contribution in [2.75, 3.05) is 0 Å². The molecule has 1 heterocycles. The Morgan fingerprint density at radius 2 is 0.946 bits per heavy atom. The van der Waals surface area contributed by atoms with Crippen molar-refractivity contribution in [2.24, 2.45) is 0 Å². The van der Waals surface area contributed by atoms with E-state index >= 15 is 0 Å². The summed E-state index contributed by atoms with van der Waals surface area (Å²) < 4.78 is 47.6. The van der Waals surface area contributed by atoms with Crippen LogP contribution in [-0.4, -0.2) is 0 Å². The van der Waals surface area contributed by atoms with Crippen molar-refractivity contribution in [3.05, 3.63) is 156 Å². The molecule has 5 aromatic carbocycles. The van der Waals surface area contributed by atoms with Crippen LogP contribution in [0.1, 0.15) is 22.8 Å². The Balaban J connectivity index is 1.72. The normalized spacial score (nSPS) is 18.9. The third kappa shape index (κ3) is 3.40. The molecule has 184 valence electrons. The van der Waals surface area contributed by atoms with Crippen LogP contribution in [0.2, 0.25) is 0 Å². The van der Waals surface area contributed by atoms with Gasteiger partial charge < -0.3 is 0 Å². The van der Waals surface area contributed by atoms with Crippen molar-refractivity contribution in [2.45, 2.75) is 12.3 Å². The second-order valence-electron chi connectivity index (χ2n) is 9.21. The average molecular weight is 513 g/mol. The zero-order valence-corrected chi connectivity index (χ0v) is 20.7. The monoisotopic (exact) mass is 512 g/mol. The molecule has 1 nitrogen and oxygen atoms in total. The third-order valence-corrected chi connectivity index (χ3v) is 13.1. The molecule has 0 aromatic heterocycles. The molecule has 0 N–H and O–H groups in total. The van der Waals surface area contributed by atoms with Crippen molar-refractivity contribution < 1.29 is 17.7 Å². The molecule has 0 radical (unpaired) electrons. The van der Waals surface area contributed by atoms with Crippen molar-refractivity contribution in [3.63, 3.8) is 0 Å². The van der Waals surface area contributed by atoms with E-state index in [0.29, 0.717) is 5.56 Å². The zero-order chi connectivity index (χ0) is 25.5. The van der Waals surface area contributed by atoms with Gasteiger partial charge in [0.05, 0.1) is 0 Å². The second kappa shape index (κ2) is 8.69. The molecule has 5 aromatic rings. The molecule has 1 aliphatic heterocycles. The van der Waals surface area contributed by atoms with Crippen LogP contribution in [0.3, 0.4) is 0 Å². The van der Waals surface area contributed by atoms with Gasteiger partial charge in [0.25, 0.3) is 0 Å². The van der Waals surface area contributed by atoms with E-state index in [1.807, 2.05) is 72.8 Å². The van der Waals surface area contributed by atoms with E-state index in [1.165, 1.54) is 0 Å². The number of hydrogen-bond acceptors (Lipinski definition) is 1. The van der Waals surface area contributed by atoms with E-state index < -0.39 is 24.7 Å². The molecule has 1 aliphatic rings. The van der Waals surface area contributed by atoms with Crippen LogP contribution in [0.25, 0.3) is 0 Å². The summed E-state index contributed by atoms with van der Waals surface area (Å²) in [6.07, 6.45) is -4.94. The molecule has 0 spiro atoms. The fourth-order valence-electron chi connectivity index (χ4n) is 5.69. The van der Waals surface area contributed by atoms with Gasteiger partial charge in [0.2, 0.25) is 0 Å². The molecular formula is C32H24F3OP. The quantitative estimate of drug-likeness (QED) is 0.238. The summed E-state index contributed by atoms with van der Waals surface area (Å²) in [5.74, 6) is 0. The van der Waals surface area contributed by atoms with Gasteiger partial charge in [-0.3, -0.25) is 0 Å². The topological polar surface area (TPSA) is 9.23 Å². The van der Waals surface area contributed by atoms with Crippen molar-refractivity contribution in [1.82, 2.24) is 0 Å². The Labute approximate surface area is 214 Å². The molecular weight excluding hydrogens is 488 g/mol. The van der Waals surface area contributed by atoms with Crippen LogP contribution >= 0.6 is 6.83 Å². The molecule has 0 saturated carbocycles. The molecule has 0 saturated heterocycles. The summed E-state index contributed by atoms with van der Waals surface area (Å²) in [7, 11) is 0. The first-order valence-electron chi connectivity index (χ1n) is 12.1. The molecule has 0 amide bonds. The van der Waals surface area contributed by atoms with Gasteiger partial charge in [-0.15, -0.1) is 0 Å². The van der Waals surface area contributed by atoms with Crippen molar-refractivity contribution in [1.29, 1.82) is 0 Å². The first-order valence-corrected chi connectivity index (χ1v) is 14.2. The number of halogens is 3.